The van der Waals surface area contributed by atoms with E-state index in [1.807, 2.05) is 6.07 Å². The quantitative estimate of drug-likeness (QED) is 0.503. The molecule has 0 aliphatic rings. The molecule has 2 aromatic rings. The normalized spacial score (nSPS) is 10.0. The van der Waals surface area contributed by atoms with Crippen molar-refractivity contribution < 1.29 is 4.92 Å². The molecule has 0 amide bonds. The predicted molar refractivity (Wildman–Crippen MR) is 80.6 cm³/mol. The monoisotopic (exact) mass is 367 g/mol. The topological polar surface area (TPSA) is 105 Å². The molecule has 7 nitrogen and oxygen atoms in total. The lowest BCUT2D eigenvalue weighted by molar-refractivity contribution is -0.385. The zero-order chi connectivity index (χ0) is 15.6. The summed E-state index contributed by atoms with van der Waals surface area (Å²) in [7, 11) is 0. The van der Waals surface area contributed by atoms with Crippen LogP contribution >= 0.6 is 27.5 Å². The summed E-state index contributed by atoms with van der Waals surface area (Å²) >= 11 is 8.98. The summed E-state index contributed by atoms with van der Waals surface area (Å²) in [6.07, 6.45) is 0. The van der Waals surface area contributed by atoms with Crippen molar-refractivity contribution in [3.63, 3.8) is 0 Å². The first-order valence-electron chi connectivity index (χ1n) is 5.57. The fourth-order valence-corrected chi connectivity index (χ4v) is 2.26. The van der Waals surface area contributed by atoms with E-state index in [9.17, 15) is 10.1 Å². The molecule has 2 rings (SSSR count). The standard InChI is InChI=1S/C12H7BrClN5O2/c1-6-10(19(20)21)11(18-12(14)16-6)17-9-3-2-8(13)4-7(9)5-15/h2-4H,1H3,(H,16,17,18). The second-order valence-electron chi connectivity index (χ2n) is 3.96. The van der Waals surface area contributed by atoms with Crippen LogP contribution in [0.15, 0.2) is 22.7 Å². The Morgan fingerprint density at radius 2 is 2.19 bits per heavy atom. The predicted octanol–water partition coefficient (Wildman–Crippen LogP) is 3.72. The molecule has 0 saturated heterocycles. The van der Waals surface area contributed by atoms with Gasteiger partial charge >= 0.3 is 5.69 Å². The van der Waals surface area contributed by atoms with Crippen LogP contribution in [0.4, 0.5) is 17.2 Å². The lowest BCUT2D eigenvalue weighted by atomic mass is 10.2. The Morgan fingerprint density at radius 3 is 2.81 bits per heavy atom. The highest BCUT2D eigenvalue weighted by Gasteiger charge is 2.22. The first-order valence-corrected chi connectivity index (χ1v) is 6.74. The van der Waals surface area contributed by atoms with Gasteiger partial charge in [0.05, 0.1) is 16.2 Å². The molecule has 1 aromatic carbocycles. The van der Waals surface area contributed by atoms with Crippen LogP contribution in [0.1, 0.15) is 11.3 Å². The number of nitro groups is 1. The van der Waals surface area contributed by atoms with Crippen LogP contribution in [0, 0.1) is 28.4 Å². The summed E-state index contributed by atoms with van der Waals surface area (Å²) in [6, 6.07) is 6.89. The third-order valence-electron chi connectivity index (χ3n) is 2.57. The zero-order valence-corrected chi connectivity index (χ0v) is 12.9. The van der Waals surface area contributed by atoms with Gasteiger partial charge in [0, 0.05) is 4.47 Å². The molecule has 21 heavy (non-hydrogen) atoms. The number of anilines is 2. The van der Waals surface area contributed by atoms with Gasteiger partial charge in [0.25, 0.3) is 0 Å². The number of nitrogens with zero attached hydrogens (tertiary/aromatic N) is 4. The number of hydrogen-bond acceptors (Lipinski definition) is 6. The van der Waals surface area contributed by atoms with E-state index in [1.54, 1.807) is 18.2 Å². The van der Waals surface area contributed by atoms with Crippen molar-refractivity contribution in [1.29, 1.82) is 5.26 Å². The Bertz CT molecular complexity index is 775. The van der Waals surface area contributed by atoms with Gasteiger partial charge in [-0.05, 0) is 36.7 Å². The summed E-state index contributed by atoms with van der Waals surface area (Å²) in [6.45, 7) is 1.46. The Balaban J connectivity index is 2.54. The van der Waals surface area contributed by atoms with Gasteiger partial charge in [0.15, 0.2) is 0 Å². The lowest BCUT2D eigenvalue weighted by Gasteiger charge is -2.09. The van der Waals surface area contributed by atoms with E-state index in [0.717, 1.165) is 4.47 Å². The maximum Gasteiger partial charge on any atom is 0.332 e. The Morgan fingerprint density at radius 1 is 1.48 bits per heavy atom. The minimum Gasteiger partial charge on any atom is -0.333 e. The fraction of sp³-hybridized carbons (Fsp3) is 0.0833. The van der Waals surface area contributed by atoms with Crippen LogP contribution in [0.2, 0.25) is 5.28 Å². The molecule has 0 fully saturated rings. The molecule has 0 bridgehead atoms. The summed E-state index contributed by atoms with van der Waals surface area (Å²) < 4.78 is 0.719. The molecular weight excluding hydrogens is 362 g/mol. The van der Waals surface area contributed by atoms with E-state index in [4.69, 9.17) is 16.9 Å². The van der Waals surface area contributed by atoms with Crippen molar-refractivity contribution in [2.45, 2.75) is 6.92 Å². The number of aromatic nitrogens is 2. The molecule has 0 unspecified atom stereocenters. The smallest absolute Gasteiger partial charge is 0.332 e. The van der Waals surface area contributed by atoms with Crippen LogP contribution in [0.3, 0.4) is 0 Å². The molecule has 0 spiro atoms. The molecule has 0 atom stereocenters. The third kappa shape index (κ3) is 3.26. The molecule has 0 aliphatic heterocycles. The lowest BCUT2D eigenvalue weighted by Crippen LogP contribution is -2.05. The molecule has 1 heterocycles. The summed E-state index contributed by atoms with van der Waals surface area (Å²) in [5.74, 6) is -0.0590. The molecular formula is C12H7BrClN5O2. The van der Waals surface area contributed by atoms with Crippen molar-refractivity contribution in [2.24, 2.45) is 0 Å². The zero-order valence-electron chi connectivity index (χ0n) is 10.6. The first kappa shape index (κ1) is 15.2. The average Bonchev–Trinajstić information content (AvgIpc) is 2.39. The van der Waals surface area contributed by atoms with Gasteiger partial charge in [-0.15, -0.1) is 0 Å². The van der Waals surface area contributed by atoms with Crippen molar-refractivity contribution >= 4 is 44.7 Å². The van der Waals surface area contributed by atoms with Gasteiger partial charge in [-0.2, -0.15) is 10.2 Å². The van der Waals surface area contributed by atoms with Gasteiger partial charge < -0.3 is 5.32 Å². The Labute approximate surface area is 132 Å². The summed E-state index contributed by atoms with van der Waals surface area (Å²) in [5, 5.41) is 22.9. The van der Waals surface area contributed by atoms with Crippen molar-refractivity contribution in [3.05, 3.63) is 49.3 Å². The first-order chi connectivity index (χ1) is 9.92. The highest BCUT2D eigenvalue weighted by Crippen LogP contribution is 2.31. The molecule has 9 heteroatoms. The van der Waals surface area contributed by atoms with Crippen LogP contribution in [-0.4, -0.2) is 14.9 Å². The average molecular weight is 369 g/mol. The second-order valence-corrected chi connectivity index (χ2v) is 5.21. The number of nitriles is 1. The fourth-order valence-electron chi connectivity index (χ4n) is 1.68. The molecule has 106 valence electrons. The van der Waals surface area contributed by atoms with Gasteiger partial charge in [0.1, 0.15) is 11.8 Å². The van der Waals surface area contributed by atoms with Crippen LogP contribution in [0.25, 0.3) is 0 Å². The molecule has 0 radical (unpaired) electrons. The molecule has 0 aliphatic carbocycles. The van der Waals surface area contributed by atoms with E-state index in [0.29, 0.717) is 11.3 Å². The van der Waals surface area contributed by atoms with Gasteiger partial charge in [-0.25, -0.2) is 4.98 Å². The maximum absolute atomic E-state index is 11.1. The number of benzene rings is 1. The van der Waals surface area contributed by atoms with Crippen LogP contribution < -0.4 is 5.32 Å². The van der Waals surface area contributed by atoms with E-state index >= 15 is 0 Å². The van der Waals surface area contributed by atoms with Crippen molar-refractivity contribution in [1.82, 2.24) is 9.97 Å². The number of aryl methyl sites for hydroxylation is 1. The van der Waals surface area contributed by atoms with E-state index < -0.39 is 4.92 Å². The molecule has 1 N–H and O–H groups in total. The van der Waals surface area contributed by atoms with Crippen LogP contribution in [-0.2, 0) is 0 Å². The summed E-state index contributed by atoms with van der Waals surface area (Å²) in [4.78, 5) is 18.1. The Hall–Kier alpha value is -2.24. The van der Waals surface area contributed by atoms with Crippen molar-refractivity contribution in [2.75, 3.05) is 5.32 Å². The molecule has 1 aromatic heterocycles. The number of hydrogen-bond donors (Lipinski definition) is 1. The van der Waals surface area contributed by atoms with E-state index in [2.05, 4.69) is 31.2 Å². The SMILES string of the molecule is Cc1nc(Cl)nc(Nc2ccc(Br)cc2C#N)c1[N+](=O)[O-]. The third-order valence-corrected chi connectivity index (χ3v) is 3.23. The minimum atomic E-state index is -0.598. The van der Waals surface area contributed by atoms with Crippen LogP contribution in [0.5, 0.6) is 0 Å². The summed E-state index contributed by atoms with van der Waals surface area (Å²) in [5.41, 5.74) is 0.549. The Kier molecular flexibility index (Phi) is 4.35. The van der Waals surface area contributed by atoms with Gasteiger partial charge in [-0.3, -0.25) is 10.1 Å². The number of halogens is 2. The van der Waals surface area contributed by atoms with E-state index in [1.165, 1.54) is 6.92 Å². The maximum atomic E-state index is 11.1. The van der Waals surface area contributed by atoms with Gasteiger partial charge in [-0.1, -0.05) is 15.9 Å². The largest absolute Gasteiger partial charge is 0.333 e. The van der Waals surface area contributed by atoms with E-state index in [-0.39, 0.29) is 22.5 Å². The second kappa shape index (κ2) is 6.03. The van der Waals surface area contributed by atoms with Crippen molar-refractivity contribution in [3.8, 4) is 6.07 Å². The number of nitrogens with one attached hydrogen (secondary N) is 1. The molecule has 0 saturated carbocycles. The minimum absolute atomic E-state index is 0.0590. The van der Waals surface area contributed by atoms with Gasteiger partial charge in [0.2, 0.25) is 11.1 Å². The highest BCUT2D eigenvalue weighted by molar-refractivity contribution is 9.10. The highest BCUT2D eigenvalue weighted by atomic mass is 79.9. The number of rotatable bonds is 3.